The van der Waals surface area contributed by atoms with Gasteiger partial charge in [0.2, 0.25) is 5.95 Å². The molecule has 9 nitrogen and oxygen atoms in total. The Morgan fingerprint density at radius 1 is 1.19 bits per heavy atom. The molecule has 1 fully saturated rings. The van der Waals surface area contributed by atoms with Crippen LogP contribution < -0.4 is 21.7 Å². The summed E-state index contributed by atoms with van der Waals surface area (Å²) in [6.45, 7) is 7.61. The molecule has 1 atom stereocenters. The minimum absolute atomic E-state index is 0.0729. The number of aromatic nitrogens is 2. The first-order valence-electron chi connectivity index (χ1n) is 10.3. The van der Waals surface area contributed by atoms with Crippen LogP contribution in [0.3, 0.4) is 0 Å². The van der Waals surface area contributed by atoms with Gasteiger partial charge in [0, 0.05) is 31.0 Å². The first kappa shape index (κ1) is 22.6. The van der Waals surface area contributed by atoms with Crippen molar-refractivity contribution in [3.8, 4) is 0 Å². The van der Waals surface area contributed by atoms with E-state index in [2.05, 4.69) is 39.8 Å². The maximum Gasteiger partial charge on any atom is 0.321 e. The maximum absolute atomic E-state index is 12.4. The van der Waals surface area contributed by atoms with Gasteiger partial charge in [-0.1, -0.05) is 25.4 Å². The molecular formula is C21H28ClN7O2. The molecule has 31 heavy (non-hydrogen) atoms. The largest absolute Gasteiger partial charge is 0.367 e. The highest BCUT2D eigenvalue weighted by Crippen LogP contribution is 2.28. The summed E-state index contributed by atoms with van der Waals surface area (Å²) in [6.07, 6.45) is 3.40. The fourth-order valence-corrected chi connectivity index (χ4v) is 3.22. The molecule has 2 aromatic rings. The zero-order valence-corrected chi connectivity index (χ0v) is 18.7. The number of halogens is 1. The lowest BCUT2D eigenvalue weighted by Gasteiger charge is -2.20. The minimum Gasteiger partial charge on any atom is -0.367 e. The summed E-state index contributed by atoms with van der Waals surface area (Å²) in [5.41, 5.74) is 6.81. The molecule has 1 saturated heterocycles. The second-order valence-corrected chi connectivity index (χ2v) is 8.35. The number of nitrogens with zero attached hydrogens (tertiary/aromatic N) is 3. The van der Waals surface area contributed by atoms with E-state index in [0.717, 1.165) is 25.9 Å². The van der Waals surface area contributed by atoms with Crippen molar-refractivity contribution in [1.29, 1.82) is 0 Å². The molecule has 0 spiro atoms. The molecule has 1 aliphatic rings. The quantitative estimate of drug-likeness (QED) is 0.509. The fourth-order valence-electron chi connectivity index (χ4n) is 3.06. The van der Waals surface area contributed by atoms with Crippen LogP contribution in [0.25, 0.3) is 0 Å². The molecule has 3 rings (SSSR count). The van der Waals surface area contributed by atoms with E-state index < -0.39 is 5.91 Å². The van der Waals surface area contributed by atoms with E-state index >= 15 is 0 Å². The SMILES string of the molecule is CC(C)[C@@H](C)Nc1nc(Nc2ccc(Cl)c(NC(=O)N3CCCC3)c2)ncc1C(N)=O. The van der Waals surface area contributed by atoms with Crippen molar-refractivity contribution in [3.63, 3.8) is 0 Å². The van der Waals surface area contributed by atoms with Gasteiger partial charge in [0.25, 0.3) is 5.91 Å². The predicted octanol–water partition coefficient (Wildman–Crippen LogP) is 4.06. The molecule has 0 aliphatic carbocycles. The summed E-state index contributed by atoms with van der Waals surface area (Å²) in [4.78, 5) is 34.5. The maximum atomic E-state index is 12.4. The number of hydrogen-bond donors (Lipinski definition) is 4. The monoisotopic (exact) mass is 445 g/mol. The second-order valence-electron chi connectivity index (χ2n) is 7.94. The minimum atomic E-state index is -0.608. The van der Waals surface area contributed by atoms with E-state index in [-0.39, 0.29) is 23.6 Å². The van der Waals surface area contributed by atoms with Crippen LogP contribution >= 0.6 is 11.6 Å². The van der Waals surface area contributed by atoms with Crippen molar-refractivity contribution >= 4 is 46.7 Å². The summed E-state index contributed by atoms with van der Waals surface area (Å²) >= 11 is 6.26. The number of nitrogens with two attached hydrogens (primary N) is 1. The van der Waals surface area contributed by atoms with Crippen LogP contribution in [0.15, 0.2) is 24.4 Å². The summed E-state index contributed by atoms with van der Waals surface area (Å²) in [6, 6.07) is 5.05. The first-order valence-corrected chi connectivity index (χ1v) is 10.7. The molecule has 3 amide bonds. The van der Waals surface area contributed by atoms with Crippen molar-refractivity contribution in [1.82, 2.24) is 14.9 Å². The van der Waals surface area contributed by atoms with Gasteiger partial charge >= 0.3 is 6.03 Å². The van der Waals surface area contributed by atoms with Gasteiger partial charge in [-0.15, -0.1) is 0 Å². The number of nitrogens with one attached hydrogen (secondary N) is 3. The van der Waals surface area contributed by atoms with Crippen LogP contribution in [0.1, 0.15) is 44.0 Å². The van der Waals surface area contributed by atoms with Crippen molar-refractivity contribution in [2.24, 2.45) is 11.7 Å². The van der Waals surface area contributed by atoms with E-state index in [1.807, 2.05) is 6.92 Å². The number of amides is 3. The zero-order valence-electron chi connectivity index (χ0n) is 17.9. The molecule has 166 valence electrons. The number of urea groups is 1. The number of primary amides is 1. The molecular weight excluding hydrogens is 418 g/mol. The van der Waals surface area contributed by atoms with Crippen LogP contribution in [-0.2, 0) is 0 Å². The number of hydrogen-bond acceptors (Lipinski definition) is 6. The van der Waals surface area contributed by atoms with Gasteiger partial charge in [-0.05, 0) is 43.9 Å². The first-order chi connectivity index (χ1) is 14.7. The third-order valence-electron chi connectivity index (χ3n) is 5.28. The third-order valence-corrected chi connectivity index (χ3v) is 5.61. The van der Waals surface area contributed by atoms with E-state index in [9.17, 15) is 9.59 Å². The highest BCUT2D eigenvalue weighted by molar-refractivity contribution is 6.33. The Labute approximate surface area is 186 Å². The van der Waals surface area contributed by atoms with E-state index in [4.69, 9.17) is 17.3 Å². The molecule has 2 heterocycles. The Bertz CT molecular complexity index is 961. The Kier molecular flexibility index (Phi) is 7.17. The van der Waals surface area contributed by atoms with Crippen molar-refractivity contribution < 1.29 is 9.59 Å². The van der Waals surface area contributed by atoms with Crippen LogP contribution in [0, 0.1) is 5.92 Å². The molecule has 5 N–H and O–H groups in total. The highest BCUT2D eigenvalue weighted by Gasteiger charge is 2.19. The van der Waals surface area contributed by atoms with Gasteiger partial charge in [0.15, 0.2) is 0 Å². The lowest BCUT2D eigenvalue weighted by molar-refractivity contribution is 0.100. The normalized spacial score (nSPS) is 14.4. The Balaban J connectivity index is 1.79. The van der Waals surface area contributed by atoms with Gasteiger partial charge in [-0.25, -0.2) is 9.78 Å². The number of likely N-dealkylation sites (tertiary alicyclic amines) is 1. The van der Waals surface area contributed by atoms with Crippen LogP contribution in [0.4, 0.5) is 27.9 Å². The average Bonchev–Trinajstić information content (AvgIpc) is 3.25. The number of carbonyl (C=O) groups excluding carboxylic acids is 2. The molecule has 0 unspecified atom stereocenters. The van der Waals surface area contributed by atoms with Gasteiger partial charge in [0.1, 0.15) is 5.82 Å². The lowest BCUT2D eigenvalue weighted by atomic mass is 10.1. The number of rotatable bonds is 7. The van der Waals surface area contributed by atoms with Gasteiger partial charge in [-0.2, -0.15) is 4.98 Å². The third kappa shape index (κ3) is 5.75. The molecule has 0 bridgehead atoms. The molecule has 0 saturated carbocycles. The van der Waals surface area contributed by atoms with Gasteiger partial charge < -0.3 is 26.6 Å². The van der Waals surface area contributed by atoms with Crippen LogP contribution in [-0.4, -0.2) is 45.9 Å². The number of anilines is 4. The number of carbonyl (C=O) groups is 2. The predicted molar refractivity (Wildman–Crippen MR) is 123 cm³/mol. The smallest absolute Gasteiger partial charge is 0.321 e. The van der Waals surface area contributed by atoms with Gasteiger partial charge in [0.05, 0.1) is 16.3 Å². The molecule has 1 aliphatic heterocycles. The molecule has 0 radical (unpaired) electrons. The summed E-state index contributed by atoms with van der Waals surface area (Å²) in [5, 5.41) is 9.59. The second kappa shape index (κ2) is 9.82. The van der Waals surface area contributed by atoms with Gasteiger partial charge in [-0.3, -0.25) is 4.79 Å². The fraction of sp³-hybridized carbons (Fsp3) is 0.429. The average molecular weight is 446 g/mol. The molecule has 10 heteroatoms. The van der Waals surface area contributed by atoms with Crippen molar-refractivity contribution in [3.05, 3.63) is 35.0 Å². The summed E-state index contributed by atoms with van der Waals surface area (Å²) in [7, 11) is 0. The summed E-state index contributed by atoms with van der Waals surface area (Å²) in [5.74, 6) is 0.360. The Morgan fingerprint density at radius 2 is 1.90 bits per heavy atom. The van der Waals surface area contributed by atoms with Crippen molar-refractivity contribution in [2.45, 2.75) is 39.7 Å². The lowest BCUT2D eigenvalue weighted by Crippen LogP contribution is -2.32. The molecule has 1 aromatic heterocycles. The van der Waals surface area contributed by atoms with Crippen molar-refractivity contribution in [2.75, 3.05) is 29.0 Å². The topological polar surface area (TPSA) is 125 Å². The zero-order chi connectivity index (χ0) is 22.5. The Hall–Kier alpha value is -3.07. The standard InChI is InChI=1S/C21H28ClN7O2/c1-12(2)13(3)25-19-15(18(23)30)11-24-20(28-19)26-14-6-7-16(22)17(10-14)27-21(31)29-8-4-5-9-29/h6-7,10-13H,4-5,8-9H2,1-3H3,(H2,23,30)(H,27,31)(H2,24,25,26,28)/t13-/m1/s1. The van der Waals surface area contributed by atoms with E-state index in [1.54, 1.807) is 23.1 Å². The highest BCUT2D eigenvalue weighted by atomic mass is 35.5. The van der Waals surface area contributed by atoms with Crippen LogP contribution in [0.5, 0.6) is 0 Å². The van der Waals surface area contributed by atoms with Crippen LogP contribution in [0.2, 0.25) is 5.02 Å². The Morgan fingerprint density at radius 3 is 2.55 bits per heavy atom. The van der Waals surface area contributed by atoms with E-state index in [1.165, 1.54) is 6.20 Å². The molecule has 1 aromatic carbocycles. The number of benzene rings is 1. The van der Waals surface area contributed by atoms with E-state index in [0.29, 0.717) is 28.1 Å². The summed E-state index contributed by atoms with van der Waals surface area (Å²) < 4.78 is 0.